The van der Waals surface area contributed by atoms with E-state index in [0.29, 0.717) is 18.2 Å². The smallest absolute Gasteiger partial charge is 0.0621 e. The monoisotopic (exact) mass is 237 g/mol. The molecule has 3 rings (SSSR count). The molecule has 0 spiro atoms. The van der Waals surface area contributed by atoms with Crippen molar-refractivity contribution < 1.29 is 4.74 Å². The summed E-state index contributed by atoms with van der Waals surface area (Å²) in [5, 5.41) is 5.79. The van der Waals surface area contributed by atoms with Crippen molar-refractivity contribution in [1.29, 1.82) is 0 Å². The molecule has 88 valence electrons. The van der Waals surface area contributed by atoms with Gasteiger partial charge in [-0.3, -0.25) is 0 Å². The van der Waals surface area contributed by atoms with Gasteiger partial charge in [-0.1, -0.05) is 6.07 Å². The summed E-state index contributed by atoms with van der Waals surface area (Å²) >= 11 is 1.84. The number of nitrogens with one attached hydrogen (secondary N) is 1. The molecule has 4 unspecified atom stereocenters. The lowest BCUT2D eigenvalue weighted by Gasteiger charge is -2.21. The van der Waals surface area contributed by atoms with Crippen LogP contribution in [0.2, 0.25) is 0 Å². The van der Waals surface area contributed by atoms with Gasteiger partial charge in [0.1, 0.15) is 0 Å². The van der Waals surface area contributed by atoms with Crippen LogP contribution in [0, 0.1) is 5.92 Å². The van der Waals surface area contributed by atoms with Gasteiger partial charge in [0.2, 0.25) is 0 Å². The minimum Gasteiger partial charge on any atom is -0.375 e. The molecule has 0 amide bonds. The first-order valence-corrected chi connectivity index (χ1v) is 7.13. The van der Waals surface area contributed by atoms with E-state index in [1.807, 2.05) is 11.3 Å². The van der Waals surface area contributed by atoms with E-state index < -0.39 is 0 Å². The van der Waals surface area contributed by atoms with E-state index in [0.717, 1.165) is 12.5 Å². The van der Waals surface area contributed by atoms with Crippen molar-refractivity contribution in [3.63, 3.8) is 0 Å². The number of thiophene rings is 1. The van der Waals surface area contributed by atoms with Crippen molar-refractivity contribution >= 4 is 11.3 Å². The van der Waals surface area contributed by atoms with E-state index in [2.05, 4.69) is 29.8 Å². The first-order valence-electron chi connectivity index (χ1n) is 6.25. The Labute approximate surface area is 101 Å². The molecule has 2 nitrogen and oxygen atoms in total. The highest BCUT2D eigenvalue weighted by atomic mass is 32.1. The summed E-state index contributed by atoms with van der Waals surface area (Å²) in [4.78, 5) is 1.43. The van der Waals surface area contributed by atoms with Gasteiger partial charge in [0.15, 0.2) is 0 Å². The van der Waals surface area contributed by atoms with Crippen LogP contribution in [-0.4, -0.2) is 18.8 Å². The fraction of sp³-hybridized carbons (Fsp3) is 0.692. The molecule has 0 aliphatic carbocycles. The summed E-state index contributed by atoms with van der Waals surface area (Å²) < 4.78 is 5.87. The highest BCUT2D eigenvalue weighted by Gasteiger charge is 2.40. The van der Waals surface area contributed by atoms with Gasteiger partial charge in [0.05, 0.1) is 12.2 Å². The van der Waals surface area contributed by atoms with Crippen LogP contribution < -0.4 is 5.32 Å². The van der Waals surface area contributed by atoms with Crippen molar-refractivity contribution in [2.45, 2.75) is 44.4 Å². The minimum absolute atomic E-state index is 0.485. The van der Waals surface area contributed by atoms with E-state index in [-0.39, 0.29) is 0 Å². The summed E-state index contributed by atoms with van der Waals surface area (Å²) in [6, 6.07) is 4.82. The highest BCUT2D eigenvalue weighted by molar-refractivity contribution is 7.10. The zero-order chi connectivity index (χ0) is 11.0. The van der Waals surface area contributed by atoms with Crippen LogP contribution in [0.3, 0.4) is 0 Å². The Morgan fingerprint density at radius 2 is 2.50 bits per heavy atom. The Balaban J connectivity index is 1.50. The quantitative estimate of drug-likeness (QED) is 0.869. The van der Waals surface area contributed by atoms with Crippen molar-refractivity contribution in [3.8, 4) is 0 Å². The third kappa shape index (κ3) is 2.04. The maximum atomic E-state index is 5.87. The van der Waals surface area contributed by atoms with E-state index in [1.54, 1.807) is 0 Å². The van der Waals surface area contributed by atoms with E-state index >= 15 is 0 Å². The molecule has 2 fully saturated rings. The second-order valence-electron chi connectivity index (χ2n) is 5.02. The van der Waals surface area contributed by atoms with E-state index in [9.17, 15) is 0 Å². The van der Waals surface area contributed by atoms with Crippen molar-refractivity contribution in [2.24, 2.45) is 5.92 Å². The molecule has 0 saturated carbocycles. The number of fused-ring (bicyclic) bond motifs is 2. The van der Waals surface area contributed by atoms with Crippen molar-refractivity contribution in [2.75, 3.05) is 6.54 Å². The number of ether oxygens (including phenoxy) is 1. The Morgan fingerprint density at radius 1 is 1.56 bits per heavy atom. The van der Waals surface area contributed by atoms with Crippen molar-refractivity contribution in [3.05, 3.63) is 22.4 Å². The van der Waals surface area contributed by atoms with Gasteiger partial charge >= 0.3 is 0 Å². The highest BCUT2D eigenvalue weighted by Crippen LogP contribution is 2.38. The van der Waals surface area contributed by atoms with Crippen LogP contribution >= 0.6 is 11.3 Å². The average Bonchev–Trinajstić information content (AvgIpc) is 3.01. The van der Waals surface area contributed by atoms with Gasteiger partial charge in [-0.15, -0.1) is 11.3 Å². The summed E-state index contributed by atoms with van der Waals surface area (Å²) in [7, 11) is 0. The molecule has 3 heterocycles. The number of rotatable bonds is 4. The molecule has 2 aliphatic rings. The molecular weight excluding hydrogens is 218 g/mol. The molecule has 16 heavy (non-hydrogen) atoms. The van der Waals surface area contributed by atoms with Crippen LogP contribution in [0.5, 0.6) is 0 Å². The third-order valence-electron chi connectivity index (χ3n) is 3.89. The van der Waals surface area contributed by atoms with Crippen LogP contribution in [0.4, 0.5) is 0 Å². The van der Waals surface area contributed by atoms with E-state index in [4.69, 9.17) is 4.74 Å². The fourth-order valence-corrected chi connectivity index (χ4v) is 3.68. The first-order chi connectivity index (χ1) is 7.83. The van der Waals surface area contributed by atoms with E-state index in [1.165, 1.54) is 24.1 Å². The predicted octanol–water partition coefficient (Wildman–Crippen LogP) is 2.97. The topological polar surface area (TPSA) is 21.3 Å². The van der Waals surface area contributed by atoms with Crippen LogP contribution in [0.1, 0.15) is 37.1 Å². The van der Waals surface area contributed by atoms with Gasteiger partial charge < -0.3 is 10.1 Å². The van der Waals surface area contributed by atoms with Gasteiger partial charge in [-0.2, -0.15) is 0 Å². The largest absolute Gasteiger partial charge is 0.375 e. The summed E-state index contributed by atoms with van der Waals surface area (Å²) in [6.07, 6.45) is 4.97. The molecule has 4 atom stereocenters. The van der Waals surface area contributed by atoms with Crippen LogP contribution in [0.15, 0.2) is 17.5 Å². The van der Waals surface area contributed by atoms with Gasteiger partial charge in [0, 0.05) is 23.4 Å². The van der Waals surface area contributed by atoms with Gasteiger partial charge in [0.25, 0.3) is 0 Å². The molecule has 2 bridgehead atoms. The molecule has 2 saturated heterocycles. The summed E-state index contributed by atoms with van der Waals surface area (Å²) in [6.45, 7) is 3.36. The normalized spacial score (nSPS) is 34.4. The second-order valence-corrected chi connectivity index (χ2v) is 5.99. The first kappa shape index (κ1) is 10.8. The third-order valence-corrected chi connectivity index (χ3v) is 4.94. The fourth-order valence-electron chi connectivity index (χ4n) is 2.92. The van der Waals surface area contributed by atoms with Gasteiger partial charge in [-0.05, 0) is 37.6 Å². The Morgan fingerprint density at radius 3 is 3.12 bits per heavy atom. The maximum Gasteiger partial charge on any atom is 0.0621 e. The maximum absolute atomic E-state index is 5.87. The molecule has 1 aromatic rings. The molecule has 2 aliphatic heterocycles. The molecule has 0 radical (unpaired) electrons. The molecule has 1 aromatic heterocycles. The standard InChI is InChI=1S/C13H19NOS/c1-9(13-3-2-6-16-13)14-8-10-7-11-4-5-12(10)15-11/h2-3,6,9-12,14H,4-5,7-8H2,1H3. The second kappa shape index (κ2) is 4.47. The Kier molecular flexibility index (Phi) is 3.01. The summed E-state index contributed by atoms with van der Waals surface area (Å²) in [5.41, 5.74) is 0. The van der Waals surface area contributed by atoms with Crippen LogP contribution in [-0.2, 0) is 4.74 Å². The zero-order valence-corrected chi connectivity index (χ0v) is 10.5. The molecule has 1 N–H and O–H groups in total. The molecule has 3 heteroatoms. The SMILES string of the molecule is CC(NCC1CC2CCC1O2)c1cccs1. The van der Waals surface area contributed by atoms with Crippen molar-refractivity contribution in [1.82, 2.24) is 5.32 Å². The van der Waals surface area contributed by atoms with Gasteiger partial charge in [-0.25, -0.2) is 0 Å². The minimum atomic E-state index is 0.485. The molecule has 0 aromatic carbocycles. The zero-order valence-electron chi connectivity index (χ0n) is 9.69. The number of hydrogen-bond donors (Lipinski definition) is 1. The number of hydrogen-bond acceptors (Lipinski definition) is 3. The average molecular weight is 237 g/mol. The lowest BCUT2D eigenvalue weighted by atomic mass is 9.89. The summed E-state index contributed by atoms with van der Waals surface area (Å²) in [5.74, 6) is 0.751. The molecular formula is C13H19NOS. The predicted molar refractivity (Wildman–Crippen MR) is 66.7 cm³/mol. The van der Waals surface area contributed by atoms with Crippen LogP contribution in [0.25, 0.3) is 0 Å². The Hall–Kier alpha value is -0.380. The lowest BCUT2D eigenvalue weighted by Crippen LogP contribution is -2.30. The Bertz CT molecular complexity index is 338. The lowest BCUT2D eigenvalue weighted by molar-refractivity contribution is 0.0921.